The minimum Gasteiger partial charge on any atom is -0.481 e. The minimum atomic E-state index is -0.960. The van der Waals surface area contributed by atoms with Crippen molar-refractivity contribution in [3.63, 3.8) is 0 Å². The van der Waals surface area contributed by atoms with Gasteiger partial charge in [-0.05, 0) is 28.3 Å². The highest BCUT2D eigenvalue weighted by molar-refractivity contribution is 5.83. The number of carbonyl (C=O) groups is 1. The lowest BCUT2D eigenvalue weighted by atomic mass is 10.0. The van der Waals surface area contributed by atoms with Gasteiger partial charge in [-0.15, -0.1) is 0 Å². The number of benzene rings is 2. The monoisotopic (exact) mass is 255 g/mol. The molecule has 0 saturated carbocycles. The summed E-state index contributed by atoms with van der Waals surface area (Å²) >= 11 is 0. The summed E-state index contributed by atoms with van der Waals surface area (Å²) < 4.78 is 0. The fourth-order valence-corrected chi connectivity index (χ4v) is 2.07. The average molecular weight is 255 g/mol. The van der Waals surface area contributed by atoms with Crippen LogP contribution in [-0.4, -0.2) is 17.1 Å². The lowest BCUT2D eigenvalue weighted by Gasteiger charge is -2.09. The van der Waals surface area contributed by atoms with Crippen LogP contribution in [0.2, 0.25) is 0 Å². The molecule has 0 aliphatic rings. The normalized spacial score (nSPS) is 11.8. The Morgan fingerprint density at radius 1 is 1.26 bits per heavy atom. The summed E-state index contributed by atoms with van der Waals surface area (Å²) in [7, 11) is 0. The maximum absolute atomic E-state index is 10.7. The molecule has 5 heteroatoms. The van der Waals surface area contributed by atoms with Gasteiger partial charge in [0.1, 0.15) is 0 Å². The molecule has 0 aromatic heterocycles. The minimum absolute atomic E-state index is 0.156. The van der Waals surface area contributed by atoms with Gasteiger partial charge in [-0.2, -0.15) is 0 Å². The standard InChI is InChI=1S/C14H13N3O2/c15-17-16-13(9-14(18)19)8-10-5-6-11-3-1-2-4-12(11)7-10/h1-7,13H,8-9H2,(H,18,19)/t13-/m0/s1. The molecule has 0 unspecified atom stereocenters. The van der Waals surface area contributed by atoms with Gasteiger partial charge in [-0.1, -0.05) is 47.6 Å². The van der Waals surface area contributed by atoms with Gasteiger partial charge in [0.2, 0.25) is 0 Å². The van der Waals surface area contributed by atoms with Crippen LogP contribution in [-0.2, 0) is 11.2 Å². The zero-order chi connectivity index (χ0) is 13.7. The van der Waals surface area contributed by atoms with Crippen LogP contribution in [0.5, 0.6) is 0 Å². The lowest BCUT2D eigenvalue weighted by Crippen LogP contribution is -2.13. The molecule has 0 bridgehead atoms. The Labute approximate surface area is 110 Å². The van der Waals surface area contributed by atoms with E-state index in [0.717, 1.165) is 16.3 Å². The molecule has 0 radical (unpaired) electrons. The number of hydrogen-bond donors (Lipinski definition) is 1. The van der Waals surface area contributed by atoms with Gasteiger partial charge in [0.15, 0.2) is 0 Å². The second kappa shape index (κ2) is 5.89. The van der Waals surface area contributed by atoms with E-state index in [-0.39, 0.29) is 6.42 Å². The van der Waals surface area contributed by atoms with Gasteiger partial charge in [0.05, 0.1) is 12.5 Å². The third kappa shape index (κ3) is 3.47. The number of nitrogens with zero attached hydrogens (tertiary/aromatic N) is 3. The molecule has 0 fully saturated rings. The van der Waals surface area contributed by atoms with Crippen molar-refractivity contribution in [2.45, 2.75) is 18.9 Å². The largest absolute Gasteiger partial charge is 0.481 e. The maximum Gasteiger partial charge on any atom is 0.303 e. The second-order valence-electron chi connectivity index (χ2n) is 4.34. The summed E-state index contributed by atoms with van der Waals surface area (Å²) in [5, 5.41) is 14.5. The van der Waals surface area contributed by atoms with Crippen molar-refractivity contribution < 1.29 is 9.90 Å². The van der Waals surface area contributed by atoms with Crippen molar-refractivity contribution in [1.29, 1.82) is 0 Å². The third-order valence-corrected chi connectivity index (χ3v) is 2.91. The molecule has 1 atom stereocenters. The fraction of sp³-hybridized carbons (Fsp3) is 0.214. The molecule has 0 aliphatic carbocycles. The first-order valence-electron chi connectivity index (χ1n) is 5.92. The van der Waals surface area contributed by atoms with Crippen LogP contribution in [0.15, 0.2) is 47.6 Å². The van der Waals surface area contributed by atoms with Crippen molar-refractivity contribution in [2.24, 2.45) is 5.11 Å². The van der Waals surface area contributed by atoms with E-state index in [1.54, 1.807) is 0 Å². The van der Waals surface area contributed by atoms with Crippen LogP contribution in [0.1, 0.15) is 12.0 Å². The Balaban J connectivity index is 2.23. The number of carboxylic acids is 1. The Bertz CT molecular complexity index is 648. The third-order valence-electron chi connectivity index (χ3n) is 2.91. The molecule has 0 amide bonds. The smallest absolute Gasteiger partial charge is 0.303 e. The summed E-state index contributed by atoms with van der Waals surface area (Å²) in [5.74, 6) is -0.960. The molecule has 0 heterocycles. The molecule has 2 aromatic rings. The molecule has 0 saturated heterocycles. The van der Waals surface area contributed by atoms with Crippen molar-refractivity contribution in [1.82, 2.24) is 0 Å². The van der Waals surface area contributed by atoms with E-state index in [4.69, 9.17) is 10.6 Å². The van der Waals surface area contributed by atoms with Gasteiger partial charge >= 0.3 is 5.97 Å². The van der Waals surface area contributed by atoms with Crippen LogP contribution in [0, 0.1) is 0 Å². The summed E-state index contributed by atoms with van der Waals surface area (Å²) in [5.41, 5.74) is 9.43. The molecule has 19 heavy (non-hydrogen) atoms. The Kier molecular flexibility index (Phi) is 4.00. The van der Waals surface area contributed by atoms with Gasteiger partial charge in [-0.25, -0.2) is 0 Å². The molecular weight excluding hydrogens is 242 g/mol. The number of aliphatic carboxylic acids is 1. The van der Waals surface area contributed by atoms with E-state index >= 15 is 0 Å². The molecule has 96 valence electrons. The van der Waals surface area contributed by atoms with Gasteiger partial charge in [0.25, 0.3) is 0 Å². The number of fused-ring (bicyclic) bond motifs is 1. The number of carboxylic acid groups (broad SMARTS) is 1. The number of rotatable bonds is 5. The molecule has 1 N–H and O–H groups in total. The highest BCUT2D eigenvalue weighted by atomic mass is 16.4. The Morgan fingerprint density at radius 2 is 2.00 bits per heavy atom. The van der Waals surface area contributed by atoms with Gasteiger partial charge in [0, 0.05) is 4.91 Å². The molecule has 5 nitrogen and oxygen atoms in total. The zero-order valence-corrected chi connectivity index (χ0v) is 10.2. The maximum atomic E-state index is 10.7. The van der Waals surface area contributed by atoms with Crippen LogP contribution >= 0.6 is 0 Å². The van der Waals surface area contributed by atoms with Gasteiger partial charge in [-0.3, -0.25) is 4.79 Å². The second-order valence-corrected chi connectivity index (χ2v) is 4.34. The van der Waals surface area contributed by atoms with E-state index in [0.29, 0.717) is 6.42 Å². The SMILES string of the molecule is [N-]=[N+]=N[C@H](CC(=O)O)Cc1ccc2ccccc2c1. The molecule has 0 spiro atoms. The Hall–Kier alpha value is -2.52. The Morgan fingerprint density at radius 3 is 2.68 bits per heavy atom. The van der Waals surface area contributed by atoms with E-state index in [1.165, 1.54) is 0 Å². The zero-order valence-electron chi connectivity index (χ0n) is 10.2. The highest BCUT2D eigenvalue weighted by Gasteiger charge is 2.12. The average Bonchev–Trinajstić information content (AvgIpc) is 2.38. The first kappa shape index (κ1) is 12.9. The van der Waals surface area contributed by atoms with Crippen LogP contribution in [0.3, 0.4) is 0 Å². The van der Waals surface area contributed by atoms with E-state index in [9.17, 15) is 4.79 Å². The quantitative estimate of drug-likeness (QED) is 0.503. The number of hydrogen-bond acceptors (Lipinski definition) is 2. The first-order chi connectivity index (χ1) is 9.19. The molecular formula is C14H13N3O2. The fourth-order valence-electron chi connectivity index (χ4n) is 2.07. The predicted molar refractivity (Wildman–Crippen MR) is 72.8 cm³/mol. The molecule has 2 rings (SSSR count). The molecule has 2 aromatic carbocycles. The number of azide groups is 1. The molecule has 0 aliphatic heterocycles. The van der Waals surface area contributed by atoms with Gasteiger partial charge < -0.3 is 5.11 Å². The summed E-state index contributed by atoms with van der Waals surface area (Å²) in [6.45, 7) is 0. The summed E-state index contributed by atoms with van der Waals surface area (Å²) in [6.07, 6.45) is 0.276. The van der Waals surface area contributed by atoms with Crippen molar-refractivity contribution in [3.8, 4) is 0 Å². The van der Waals surface area contributed by atoms with E-state index in [1.807, 2.05) is 42.5 Å². The topological polar surface area (TPSA) is 86.1 Å². The van der Waals surface area contributed by atoms with Crippen molar-refractivity contribution >= 4 is 16.7 Å². The van der Waals surface area contributed by atoms with E-state index in [2.05, 4.69) is 10.0 Å². The predicted octanol–water partition coefficient (Wildman–Crippen LogP) is 3.54. The first-order valence-corrected chi connectivity index (χ1v) is 5.92. The summed E-state index contributed by atoms with van der Waals surface area (Å²) in [4.78, 5) is 13.4. The van der Waals surface area contributed by atoms with E-state index < -0.39 is 12.0 Å². The van der Waals surface area contributed by atoms with Crippen LogP contribution in [0.4, 0.5) is 0 Å². The lowest BCUT2D eigenvalue weighted by molar-refractivity contribution is -0.137. The van der Waals surface area contributed by atoms with Crippen LogP contribution < -0.4 is 0 Å². The van der Waals surface area contributed by atoms with Crippen molar-refractivity contribution in [2.75, 3.05) is 0 Å². The highest BCUT2D eigenvalue weighted by Crippen LogP contribution is 2.18. The van der Waals surface area contributed by atoms with Crippen molar-refractivity contribution in [3.05, 3.63) is 58.5 Å². The van der Waals surface area contributed by atoms with Crippen LogP contribution in [0.25, 0.3) is 21.2 Å². The summed E-state index contributed by atoms with van der Waals surface area (Å²) in [6, 6.07) is 13.3.